The van der Waals surface area contributed by atoms with Crippen LogP contribution < -0.4 is 5.32 Å². The molecule has 1 atom stereocenters. The smallest absolute Gasteiger partial charge is 0.325 e. The van der Waals surface area contributed by atoms with E-state index in [1.807, 2.05) is 0 Å². The molecule has 2 N–H and O–H groups in total. The van der Waals surface area contributed by atoms with Crippen molar-refractivity contribution in [2.75, 3.05) is 0 Å². The van der Waals surface area contributed by atoms with Gasteiger partial charge in [-0.25, -0.2) is 0 Å². The number of nitro benzene ring substituents is 1. The standard InChI is InChI=1S/C13H12N2O5/c16-13(17)12(14-8-9-4-3-7-20-9)10-5-1-2-6-11(10)15(18)19/h1-7,12,14H,8H2,(H,16,17). The maximum atomic E-state index is 11.3. The number of benzene rings is 1. The molecule has 0 fully saturated rings. The fourth-order valence-corrected chi connectivity index (χ4v) is 1.84. The van der Waals surface area contributed by atoms with Gasteiger partial charge in [-0.15, -0.1) is 0 Å². The van der Waals surface area contributed by atoms with Crippen LogP contribution in [0.5, 0.6) is 0 Å². The Morgan fingerprint density at radius 2 is 2.10 bits per heavy atom. The van der Waals surface area contributed by atoms with Crippen molar-refractivity contribution >= 4 is 11.7 Å². The SMILES string of the molecule is O=C(O)C(NCc1ccco1)c1ccccc1[N+](=O)[O-]. The number of nitrogens with zero attached hydrogens (tertiary/aromatic N) is 1. The molecule has 0 aliphatic rings. The lowest BCUT2D eigenvalue weighted by Crippen LogP contribution is -2.28. The van der Waals surface area contributed by atoms with Crippen LogP contribution in [0.1, 0.15) is 17.4 Å². The Balaban J connectivity index is 2.24. The van der Waals surface area contributed by atoms with Crippen molar-refractivity contribution in [2.24, 2.45) is 0 Å². The third-order valence-corrected chi connectivity index (χ3v) is 2.75. The Morgan fingerprint density at radius 3 is 2.70 bits per heavy atom. The van der Waals surface area contributed by atoms with Crippen molar-refractivity contribution in [1.29, 1.82) is 0 Å². The zero-order valence-electron chi connectivity index (χ0n) is 10.4. The highest BCUT2D eigenvalue weighted by molar-refractivity contribution is 5.77. The minimum absolute atomic E-state index is 0.108. The van der Waals surface area contributed by atoms with Gasteiger partial charge < -0.3 is 9.52 Å². The highest BCUT2D eigenvalue weighted by Gasteiger charge is 2.27. The van der Waals surface area contributed by atoms with Crippen LogP contribution in [0.4, 0.5) is 5.69 Å². The molecule has 20 heavy (non-hydrogen) atoms. The highest BCUT2D eigenvalue weighted by atomic mass is 16.6. The van der Waals surface area contributed by atoms with Crippen LogP contribution in [0.2, 0.25) is 0 Å². The predicted octanol–water partition coefficient (Wildman–Crippen LogP) is 2.10. The Hall–Kier alpha value is -2.67. The Bertz CT molecular complexity index is 609. The number of para-hydroxylation sites is 1. The van der Waals surface area contributed by atoms with Crippen LogP contribution in [0.25, 0.3) is 0 Å². The van der Waals surface area contributed by atoms with Gasteiger partial charge in [-0.05, 0) is 18.2 Å². The van der Waals surface area contributed by atoms with Gasteiger partial charge >= 0.3 is 5.97 Å². The first kappa shape index (κ1) is 13.8. The lowest BCUT2D eigenvalue weighted by atomic mass is 10.0. The summed E-state index contributed by atoms with van der Waals surface area (Å²) < 4.78 is 5.09. The third-order valence-electron chi connectivity index (χ3n) is 2.75. The Morgan fingerprint density at radius 1 is 1.35 bits per heavy atom. The molecule has 0 amide bonds. The van der Waals surface area contributed by atoms with Gasteiger partial charge in [-0.3, -0.25) is 20.2 Å². The van der Waals surface area contributed by atoms with E-state index < -0.39 is 16.9 Å². The number of carboxylic acids is 1. The number of hydrogen-bond donors (Lipinski definition) is 2. The predicted molar refractivity (Wildman–Crippen MR) is 69.0 cm³/mol. The lowest BCUT2D eigenvalue weighted by molar-refractivity contribution is -0.385. The number of furan rings is 1. The Labute approximate surface area is 114 Å². The minimum atomic E-state index is -1.19. The molecule has 0 spiro atoms. The fourth-order valence-electron chi connectivity index (χ4n) is 1.84. The second-order valence-corrected chi connectivity index (χ2v) is 4.05. The molecule has 104 valence electrons. The van der Waals surface area contributed by atoms with Crippen LogP contribution in [0.3, 0.4) is 0 Å². The Kier molecular flexibility index (Phi) is 4.11. The van der Waals surface area contributed by atoms with E-state index in [0.29, 0.717) is 5.76 Å². The zero-order chi connectivity index (χ0) is 14.5. The van der Waals surface area contributed by atoms with Gasteiger partial charge in [0.15, 0.2) is 0 Å². The van der Waals surface area contributed by atoms with Gasteiger partial charge in [0, 0.05) is 6.07 Å². The molecule has 0 radical (unpaired) electrons. The summed E-state index contributed by atoms with van der Waals surface area (Å²) in [6.45, 7) is 0.163. The summed E-state index contributed by atoms with van der Waals surface area (Å²) in [7, 11) is 0. The summed E-state index contributed by atoms with van der Waals surface area (Å²) in [5.41, 5.74) is -0.122. The van der Waals surface area contributed by atoms with Gasteiger partial charge in [0.05, 0.1) is 23.3 Å². The first-order valence-corrected chi connectivity index (χ1v) is 5.81. The first-order valence-electron chi connectivity index (χ1n) is 5.81. The molecular weight excluding hydrogens is 264 g/mol. The molecule has 0 aliphatic heterocycles. The van der Waals surface area contributed by atoms with Crippen molar-refractivity contribution in [2.45, 2.75) is 12.6 Å². The zero-order valence-corrected chi connectivity index (χ0v) is 10.4. The molecule has 0 bridgehead atoms. The van der Waals surface area contributed by atoms with E-state index in [4.69, 9.17) is 4.42 Å². The highest BCUT2D eigenvalue weighted by Crippen LogP contribution is 2.25. The number of carbonyl (C=O) groups is 1. The van der Waals surface area contributed by atoms with Crippen LogP contribution in [0, 0.1) is 10.1 Å². The number of rotatable bonds is 6. The summed E-state index contributed by atoms with van der Waals surface area (Å²) in [6, 6.07) is 7.94. The van der Waals surface area contributed by atoms with E-state index in [0.717, 1.165) is 0 Å². The van der Waals surface area contributed by atoms with Gasteiger partial charge in [-0.1, -0.05) is 12.1 Å². The summed E-state index contributed by atoms with van der Waals surface area (Å²) in [5.74, 6) is -0.638. The number of carboxylic acid groups (broad SMARTS) is 1. The monoisotopic (exact) mass is 276 g/mol. The van der Waals surface area contributed by atoms with Crippen molar-refractivity contribution < 1.29 is 19.2 Å². The van der Waals surface area contributed by atoms with Crippen LogP contribution >= 0.6 is 0 Å². The summed E-state index contributed by atoms with van der Waals surface area (Å²) in [5, 5.41) is 22.9. The molecule has 7 nitrogen and oxygen atoms in total. The normalized spacial score (nSPS) is 12.0. The van der Waals surface area contributed by atoms with Crippen LogP contribution in [0.15, 0.2) is 47.1 Å². The molecular formula is C13H12N2O5. The first-order chi connectivity index (χ1) is 9.59. The van der Waals surface area contributed by atoms with E-state index in [1.165, 1.54) is 24.5 Å². The summed E-state index contributed by atoms with van der Waals surface area (Å²) >= 11 is 0. The van der Waals surface area contributed by atoms with Crippen LogP contribution in [-0.2, 0) is 11.3 Å². The largest absolute Gasteiger partial charge is 0.480 e. The van der Waals surface area contributed by atoms with Gasteiger partial charge in [0.1, 0.15) is 11.8 Å². The molecule has 0 aliphatic carbocycles. The molecule has 7 heteroatoms. The second-order valence-electron chi connectivity index (χ2n) is 4.05. The third kappa shape index (κ3) is 3.01. The minimum Gasteiger partial charge on any atom is -0.480 e. The van der Waals surface area contributed by atoms with Gasteiger partial charge in [-0.2, -0.15) is 0 Å². The van der Waals surface area contributed by atoms with E-state index in [2.05, 4.69) is 5.32 Å². The number of nitrogens with one attached hydrogen (secondary N) is 1. The topological polar surface area (TPSA) is 106 Å². The summed E-state index contributed by atoms with van der Waals surface area (Å²) in [6.07, 6.45) is 1.47. The van der Waals surface area contributed by atoms with Gasteiger partial charge in [0.2, 0.25) is 0 Å². The van der Waals surface area contributed by atoms with E-state index in [1.54, 1.807) is 18.2 Å². The maximum absolute atomic E-state index is 11.3. The quantitative estimate of drug-likeness (QED) is 0.618. The molecule has 2 aromatic rings. The van der Waals surface area contributed by atoms with E-state index in [9.17, 15) is 20.0 Å². The molecule has 1 aromatic carbocycles. The van der Waals surface area contributed by atoms with Crippen molar-refractivity contribution in [3.05, 3.63) is 64.1 Å². The van der Waals surface area contributed by atoms with Gasteiger partial charge in [0.25, 0.3) is 5.69 Å². The molecule has 1 heterocycles. The lowest BCUT2D eigenvalue weighted by Gasteiger charge is -2.14. The average molecular weight is 276 g/mol. The second kappa shape index (κ2) is 5.98. The van der Waals surface area contributed by atoms with Crippen LogP contribution in [-0.4, -0.2) is 16.0 Å². The molecule has 0 saturated carbocycles. The molecule has 1 aromatic heterocycles. The molecule has 2 rings (SSSR count). The number of aliphatic carboxylic acids is 1. The average Bonchev–Trinajstić information content (AvgIpc) is 2.92. The van der Waals surface area contributed by atoms with Crippen molar-refractivity contribution in [1.82, 2.24) is 5.32 Å². The molecule has 0 saturated heterocycles. The summed E-state index contributed by atoms with van der Waals surface area (Å²) in [4.78, 5) is 21.7. The number of nitro groups is 1. The maximum Gasteiger partial charge on any atom is 0.325 e. The fraction of sp³-hybridized carbons (Fsp3) is 0.154. The molecule has 1 unspecified atom stereocenters. The van der Waals surface area contributed by atoms with Crippen molar-refractivity contribution in [3.63, 3.8) is 0 Å². The van der Waals surface area contributed by atoms with E-state index >= 15 is 0 Å². The van der Waals surface area contributed by atoms with Crippen molar-refractivity contribution in [3.8, 4) is 0 Å². The van der Waals surface area contributed by atoms with E-state index in [-0.39, 0.29) is 17.8 Å². The number of hydrogen-bond acceptors (Lipinski definition) is 5.